The topological polar surface area (TPSA) is 46.1 Å². The second kappa shape index (κ2) is 8.52. The van der Waals surface area contributed by atoms with E-state index in [1.165, 1.54) is 0 Å². The van der Waals surface area contributed by atoms with Gasteiger partial charge in [0, 0.05) is 0 Å². The molecule has 0 aliphatic rings. The summed E-state index contributed by atoms with van der Waals surface area (Å²) in [6.45, 7) is 0. The normalized spacial score (nSPS) is 15.3. The molecule has 29 heavy (non-hydrogen) atoms. The minimum atomic E-state index is -6.98. The van der Waals surface area contributed by atoms with E-state index in [9.17, 15) is 89.2 Å². The van der Waals surface area contributed by atoms with Crippen molar-refractivity contribution < 1.29 is 89.2 Å². The molecule has 0 bridgehead atoms. The maximum atomic E-state index is 11.3. The van der Waals surface area contributed by atoms with Gasteiger partial charge in [0.15, 0.2) is 11.2 Å². The van der Waals surface area contributed by atoms with E-state index in [-0.39, 0.29) is 23.1 Å². The molecule has 0 fully saturated rings. The molecule has 0 aromatic carbocycles. The van der Waals surface area contributed by atoms with Gasteiger partial charge in [0.25, 0.3) is 0 Å². The Bertz CT molecular complexity index is 395. The summed E-state index contributed by atoms with van der Waals surface area (Å²) in [5.74, 6) is 0. The van der Waals surface area contributed by atoms with Crippen LogP contribution in [0, 0.1) is 0 Å². The smallest absolute Gasteiger partial charge is 0.830 e. The summed E-state index contributed by atoms with van der Waals surface area (Å²) >= 11 is 0. The molecule has 172 valence electrons. The van der Waals surface area contributed by atoms with Crippen LogP contribution >= 0.6 is 0 Å². The molecule has 0 spiro atoms. The SMILES string of the molecule is [Mg+2].[O-]C(C(F)(F)F)(C(F)(F)F)C(F)(F)F.[O-]C(C(F)(F)F)(C(F)(F)F)C(F)(F)F. The zero-order valence-corrected chi connectivity index (χ0v) is 13.7. The van der Waals surface area contributed by atoms with E-state index in [4.69, 9.17) is 0 Å². The zero-order chi connectivity index (χ0) is 24.0. The first kappa shape index (κ1) is 33.1. The van der Waals surface area contributed by atoms with Gasteiger partial charge in [0.2, 0.25) is 0 Å². The zero-order valence-electron chi connectivity index (χ0n) is 12.3. The van der Waals surface area contributed by atoms with E-state index in [0.717, 1.165) is 0 Å². The fourth-order valence-electron chi connectivity index (χ4n) is 0.964. The minimum absolute atomic E-state index is 0. The van der Waals surface area contributed by atoms with Crippen LogP contribution in [0.25, 0.3) is 0 Å². The first-order chi connectivity index (χ1) is 11.5. The van der Waals surface area contributed by atoms with Crippen LogP contribution in [-0.4, -0.2) is 71.3 Å². The number of alkyl halides is 18. The van der Waals surface area contributed by atoms with Crippen LogP contribution in [-0.2, 0) is 0 Å². The Morgan fingerprint density at radius 1 is 0.276 bits per heavy atom. The molecule has 0 saturated heterocycles. The minimum Gasteiger partial charge on any atom is -0.830 e. The maximum absolute atomic E-state index is 11.3. The van der Waals surface area contributed by atoms with Crippen molar-refractivity contribution in [3.05, 3.63) is 0 Å². The molecule has 0 unspecified atom stereocenters. The van der Waals surface area contributed by atoms with Gasteiger partial charge in [0.1, 0.15) is 0 Å². The molecule has 0 atom stereocenters. The van der Waals surface area contributed by atoms with E-state index in [2.05, 4.69) is 0 Å². The third-order valence-electron chi connectivity index (χ3n) is 2.40. The van der Waals surface area contributed by atoms with Crippen LogP contribution in [0.3, 0.4) is 0 Å². The Morgan fingerprint density at radius 2 is 0.345 bits per heavy atom. The van der Waals surface area contributed by atoms with E-state index in [1.807, 2.05) is 0 Å². The van der Waals surface area contributed by atoms with Crippen molar-refractivity contribution in [1.82, 2.24) is 0 Å². The fraction of sp³-hybridized carbons (Fsp3) is 1.00. The largest absolute Gasteiger partial charge is 2.00 e. The van der Waals surface area contributed by atoms with Gasteiger partial charge in [-0.2, -0.15) is 79.0 Å². The standard InChI is InChI=1S/2C4F9O.Mg/c2*5-2(6,7)1(14,3(8,9)10)4(11,12)13;/q2*-1;+2. The van der Waals surface area contributed by atoms with Crippen LogP contribution in [0.1, 0.15) is 0 Å². The van der Waals surface area contributed by atoms with Crippen LogP contribution in [0.4, 0.5) is 79.0 Å². The molecule has 0 radical (unpaired) electrons. The van der Waals surface area contributed by atoms with Crippen molar-refractivity contribution >= 4 is 23.1 Å². The average molecular weight is 494 g/mol. The fourth-order valence-corrected chi connectivity index (χ4v) is 0.964. The monoisotopic (exact) mass is 494 g/mol. The Hall–Kier alpha value is -0.574. The Balaban J connectivity index is -0.000000451. The van der Waals surface area contributed by atoms with Crippen molar-refractivity contribution in [2.75, 3.05) is 0 Å². The Labute approximate surface area is 161 Å². The number of rotatable bonds is 0. The molecule has 0 aliphatic carbocycles. The third-order valence-corrected chi connectivity index (χ3v) is 2.40. The van der Waals surface area contributed by atoms with Crippen LogP contribution < -0.4 is 10.2 Å². The molecule has 0 aromatic heterocycles. The van der Waals surface area contributed by atoms with Crippen molar-refractivity contribution in [3.8, 4) is 0 Å². The van der Waals surface area contributed by atoms with Crippen molar-refractivity contribution in [3.63, 3.8) is 0 Å². The number of hydrogen-bond acceptors (Lipinski definition) is 2. The van der Waals surface area contributed by atoms with E-state index >= 15 is 0 Å². The molecular weight excluding hydrogens is 494 g/mol. The van der Waals surface area contributed by atoms with Gasteiger partial charge >= 0.3 is 60.1 Å². The van der Waals surface area contributed by atoms with Crippen LogP contribution in [0.5, 0.6) is 0 Å². The second-order valence-corrected chi connectivity index (χ2v) is 4.35. The van der Waals surface area contributed by atoms with Crippen LogP contribution in [0.15, 0.2) is 0 Å². The van der Waals surface area contributed by atoms with Gasteiger partial charge in [-0.3, -0.25) is 0 Å². The molecule has 0 rings (SSSR count). The second-order valence-electron chi connectivity index (χ2n) is 4.35. The summed E-state index contributed by atoms with van der Waals surface area (Å²) < 4.78 is 204. The number of hydrogen-bond donors (Lipinski definition) is 0. The summed E-state index contributed by atoms with van der Waals surface area (Å²) in [5.41, 5.74) is -13.9. The molecule has 2 nitrogen and oxygen atoms in total. The summed E-state index contributed by atoms with van der Waals surface area (Å²) in [5, 5.41) is 19.6. The summed E-state index contributed by atoms with van der Waals surface area (Å²) in [7, 11) is 0. The predicted molar refractivity (Wildman–Crippen MR) is 47.5 cm³/mol. The van der Waals surface area contributed by atoms with Gasteiger partial charge in [-0.1, -0.05) is 0 Å². The summed E-state index contributed by atoms with van der Waals surface area (Å²) in [4.78, 5) is 0. The van der Waals surface area contributed by atoms with E-state index in [0.29, 0.717) is 0 Å². The van der Waals surface area contributed by atoms with Crippen molar-refractivity contribution in [2.45, 2.75) is 48.3 Å². The molecular formula is C8F18MgO2. The van der Waals surface area contributed by atoms with Gasteiger partial charge in [-0.05, 0) is 0 Å². The molecule has 0 amide bonds. The van der Waals surface area contributed by atoms with E-state index < -0.39 is 48.3 Å². The Morgan fingerprint density at radius 3 is 0.345 bits per heavy atom. The third kappa shape index (κ3) is 6.21. The molecule has 0 saturated carbocycles. The molecule has 0 aromatic rings. The maximum Gasteiger partial charge on any atom is 2.00 e. The van der Waals surface area contributed by atoms with Crippen LogP contribution in [0.2, 0.25) is 0 Å². The van der Waals surface area contributed by atoms with Crippen molar-refractivity contribution in [2.24, 2.45) is 0 Å². The first-order valence-electron chi connectivity index (χ1n) is 5.31. The van der Waals surface area contributed by atoms with Gasteiger partial charge in [-0.15, -0.1) is 0 Å². The summed E-state index contributed by atoms with van der Waals surface area (Å²) in [6, 6.07) is 0. The molecule has 0 heterocycles. The molecule has 0 aliphatic heterocycles. The summed E-state index contributed by atoms with van der Waals surface area (Å²) in [6.07, 6.45) is -41.9. The number of halogens is 18. The van der Waals surface area contributed by atoms with E-state index in [1.54, 1.807) is 0 Å². The average Bonchev–Trinajstić information content (AvgIpc) is 2.29. The quantitative estimate of drug-likeness (QED) is 0.384. The van der Waals surface area contributed by atoms with Crippen molar-refractivity contribution in [1.29, 1.82) is 0 Å². The first-order valence-corrected chi connectivity index (χ1v) is 5.31. The van der Waals surface area contributed by atoms with Gasteiger partial charge in [-0.25, -0.2) is 0 Å². The molecule has 21 heteroatoms. The predicted octanol–water partition coefficient (Wildman–Crippen LogP) is 3.16. The Kier molecular flexibility index (Phi) is 9.71. The van der Waals surface area contributed by atoms with Gasteiger partial charge < -0.3 is 10.2 Å². The molecule has 0 N–H and O–H groups in total. The van der Waals surface area contributed by atoms with Gasteiger partial charge in [0.05, 0.1) is 0 Å².